The number of nitrogens with zero attached hydrogens (tertiary/aromatic N) is 3. The summed E-state index contributed by atoms with van der Waals surface area (Å²) < 4.78 is 0. The molecule has 0 aliphatic carbocycles. The number of aryl methyl sites for hydroxylation is 1. The molecule has 0 bridgehead atoms. The summed E-state index contributed by atoms with van der Waals surface area (Å²) in [5.41, 5.74) is 9.60. The lowest BCUT2D eigenvalue weighted by Crippen LogP contribution is -2.45. The van der Waals surface area contributed by atoms with Crippen LogP contribution in [-0.2, 0) is 0 Å². The monoisotopic (exact) mass is 364 g/mol. The van der Waals surface area contributed by atoms with E-state index in [0.29, 0.717) is 11.9 Å². The van der Waals surface area contributed by atoms with E-state index >= 15 is 0 Å². The third-order valence-electron chi connectivity index (χ3n) is 5.99. The van der Waals surface area contributed by atoms with E-state index < -0.39 is 0 Å². The minimum Gasteiger partial charge on any atom is -0.383 e. The molecule has 2 aliphatic rings. The van der Waals surface area contributed by atoms with Crippen LogP contribution in [0.3, 0.4) is 0 Å². The Labute approximate surface area is 161 Å². The van der Waals surface area contributed by atoms with Gasteiger partial charge in [0.05, 0.1) is 0 Å². The van der Waals surface area contributed by atoms with Crippen molar-refractivity contribution in [3.8, 4) is 11.1 Å². The zero-order valence-electron chi connectivity index (χ0n) is 16.0. The van der Waals surface area contributed by atoms with E-state index in [9.17, 15) is 4.79 Å². The molecule has 0 radical (unpaired) electrons. The summed E-state index contributed by atoms with van der Waals surface area (Å²) in [7, 11) is 0. The molecular formula is C22H28N4O. The fourth-order valence-electron chi connectivity index (χ4n) is 4.27. The number of amides is 1. The van der Waals surface area contributed by atoms with Gasteiger partial charge >= 0.3 is 0 Å². The van der Waals surface area contributed by atoms with Gasteiger partial charge in [-0.25, -0.2) is 4.98 Å². The molecule has 2 aliphatic heterocycles. The fraction of sp³-hybridized carbons (Fsp3) is 0.455. The lowest BCUT2D eigenvalue weighted by Gasteiger charge is -2.36. The molecule has 2 fully saturated rings. The van der Waals surface area contributed by atoms with Crippen LogP contribution in [0.2, 0.25) is 0 Å². The quantitative estimate of drug-likeness (QED) is 0.907. The van der Waals surface area contributed by atoms with Gasteiger partial charge in [-0.2, -0.15) is 0 Å². The standard InChI is InChI=1S/C22H28N4O/c1-16-14-19(15-24-21(16)23)17-4-6-18(7-5-17)22(27)26-12-8-20(9-13-26)25-10-2-3-11-25/h4-7,14-15,20H,2-3,8-13H2,1H3,(H2,23,24). The summed E-state index contributed by atoms with van der Waals surface area (Å²) in [4.78, 5) is 21.7. The number of likely N-dealkylation sites (tertiary alicyclic amines) is 2. The molecule has 4 rings (SSSR count). The van der Waals surface area contributed by atoms with Crippen LogP contribution in [0.1, 0.15) is 41.6 Å². The van der Waals surface area contributed by atoms with E-state index in [1.165, 1.54) is 25.9 Å². The highest BCUT2D eigenvalue weighted by Crippen LogP contribution is 2.24. The average molecular weight is 364 g/mol. The van der Waals surface area contributed by atoms with Crippen molar-refractivity contribution in [2.75, 3.05) is 31.9 Å². The zero-order chi connectivity index (χ0) is 18.8. The number of carbonyl (C=O) groups is 1. The number of carbonyl (C=O) groups excluding carboxylic acids is 1. The minimum absolute atomic E-state index is 0.146. The maximum absolute atomic E-state index is 12.9. The number of pyridine rings is 1. The Kier molecular flexibility index (Phi) is 5.12. The lowest BCUT2D eigenvalue weighted by molar-refractivity contribution is 0.0644. The second-order valence-corrected chi connectivity index (χ2v) is 7.77. The van der Waals surface area contributed by atoms with Gasteiger partial charge in [-0.05, 0) is 75.0 Å². The van der Waals surface area contributed by atoms with Crippen molar-refractivity contribution in [3.63, 3.8) is 0 Å². The van der Waals surface area contributed by atoms with Gasteiger partial charge in [-0.1, -0.05) is 12.1 Å². The first-order chi connectivity index (χ1) is 13.1. The molecule has 0 atom stereocenters. The van der Waals surface area contributed by atoms with Crippen LogP contribution in [0.15, 0.2) is 36.5 Å². The van der Waals surface area contributed by atoms with E-state index in [1.54, 1.807) is 6.20 Å². The van der Waals surface area contributed by atoms with Crippen molar-refractivity contribution < 1.29 is 4.79 Å². The summed E-state index contributed by atoms with van der Waals surface area (Å²) >= 11 is 0. The van der Waals surface area contributed by atoms with Crippen molar-refractivity contribution in [3.05, 3.63) is 47.7 Å². The number of aromatic nitrogens is 1. The second kappa shape index (κ2) is 7.69. The number of piperidine rings is 1. The first-order valence-electron chi connectivity index (χ1n) is 9.98. The molecule has 0 unspecified atom stereocenters. The Hall–Kier alpha value is -2.40. The molecule has 2 saturated heterocycles. The molecule has 1 aromatic heterocycles. The summed E-state index contributed by atoms with van der Waals surface area (Å²) in [5.74, 6) is 0.705. The topological polar surface area (TPSA) is 62.5 Å². The number of rotatable bonds is 3. The van der Waals surface area contributed by atoms with Crippen LogP contribution in [0.5, 0.6) is 0 Å². The Morgan fingerprint density at radius 3 is 2.33 bits per heavy atom. The van der Waals surface area contributed by atoms with E-state index in [-0.39, 0.29) is 5.91 Å². The Morgan fingerprint density at radius 1 is 1.04 bits per heavy atom. The van der Waals surface area contributed by atoms with Crippen molar-refractivity contribution >= 4 is 11.7 Å². The minimum atomic E-state index is 0.146. The maximum atomic E-state index is 12.9. The first kappa shape index (κ1) is 18.0. The van der Waals surface area contributed by atoms with Gasteiger partial charge in [0.25, 0.3) is 5.91 Å². The SMILES string of the molecule is Cc1cc(-c2ccc(C(=O)N3CCC(N4CCCC4)CC3)cc2)cnc1N. The van der Waals surface area contributed by atoms with Gasteiger partial charge in [0, 0.05) is 36.5 Å². The highest BCUT2D eigenvalue weighted by molar-refractivity contribution is 5.94. The predicted octanol–water partition coefficient (Wildman–Crippen LogP) is 3.34. The van der Waals surface area contributed by atoms with Gasteiger partial charge in [0.2, 0.25) is 0 Å². The molecule has 5 nitrogen and oxygen atoms in total. The molecular weight excluding hydrogens is 336 g/mol. The third-order valence-corrected chi connectivity index (χ3v) is 5.99. The predicted molar refractivity (Wildman–Crippen MR) is 109 cm³/mol. The Balaban J connectivity index is 1.40. The van der Waals surface area contributed by atoms with E-state index in [1.807, 2.05) is 42.2 Å². The van der Waals surface area contributed by atoms with Crippen molar-refractivity contribution in [2.45, 2.75) is 38.6 Å². The van der Waals surface area contributed by atoms with Gasteiger partial charge in [-0.15, -0.1) is 0 Å². The number of benzene rings is 1. The molecule has 0 saturated carbocycles. The molecule has 27 heavy (non-hydrogen) atoms. The molecule has 2 aromatic rings. The van der Waals surface area contributed by atoms with E-state index in [4.69, 9.17) is 5.73 Å². The fourth-order valence-corrected chi connectivity index (χ4v) is 4.27. The number of anilines is 1. The smallest absolute Gasteiger partial charge is 0.253 e. The molecule has 1 amide bonds. The van der Waals surface area contributed by atoms with Crippen LogP contribution in [0.4, 0.5) is 5.82 Å². The summed E-state index contributed by atoms with van der Waals surface area (Å²) in [6, 6.07) is 10.5. The van der Waals surface area contributed by atoms with Crippen LogP contribution < -0.4 is 5.73 Å². The molecule has 2 N–H and O–H groups in total. The van der Waals surface area contributed by atoms with E-state index in [2.05, 4.69) is 9.88 Å². The van der Waals surface area contributed by atoms with Gasteiger partial charge in [-0.3, -0.25) is 4.79 Å². The van der Waals surface area contributed by atoms with Crippen molar-refractivity contribution in [2.24, 2.45) is 0 Å². The second-order valence-electron chi connectivity index (χ2n) is 7.77. The van der Waals surface area contributed by atoms with Crippen LogP contribution in [-0.4, -0.2) is 52.9 Å². The maximum Gasteiger partial charge on any atom is 0.253 e. The summed E-state index contributed by atoms with van der Waals surface area (Å²) in [5, 5.41) is 0. The van der Waals surface area contributed by atoms with Gasteiger partial charge < -0.3 is 15.5 Å². The highest BCUT2D eigenvalue weighted by atomic mass is 16.2. The summed E-state index contributed by atoms with van der Waals surface area (Å²) in [6.07, 6.45) is 6.63. The molecule has 3 heterocycles. The van der Waals surface area contributed by atoms with Crippen LogP contribution >= 0.6 is 0 Å². The van der Waals surface area contributed by atoms with Gasteiger partial charge in [0.15, 0.2) is 0 Å². The number of hydrogen-bond donors (Lipinski definition) is 1. The molecule has 1 aromatic carbocycles. The van der Waals surface area contributed by atoms with E-state index in [0.717, 1.165) is 48.2 Å². The highest BCUT2D eigenvalue weighted by Gasteiger charge is 2.28. The number of hydrogen-bond acceptors (Lipinski definition) is 4. The van der Waals surface area contributed by atoms with Crippen LogP contribution in [0, 0.1) is 6.92 Å². The first-order valence-corrected chi connectivity index (χ1v) is 9.98. The normalized spacial score (nSPS) is 18.8. The molecule has 5 heteroatoms. The number of nitrogen functional groups attached to an aromatic ring is 1. The van der Waals surface area contributed by atoms with Crippen LogP contribution in [0.25, 0.3) is 11.1 Å². The molecule has 142 valence electrons. The Bertz CT molecular complexity index is 804. The summed E-state index contributed by atoms with van der Waals surface area (Å²) in [6.45, 7) is 6.15. The zero-order valence-corrected chi connectivity index (χ0v) is 16.0. The average Bonchev–Trinajstić information content (AvgIpc) is 3.25. The van der Waals surface area contributed by atoms with Crippen molar-refractivity contribution in [1.82, 2.24) is 14.8 Å². The largest absolute Gasteiger partial charge is 0.383 e. The third kappa shape index (κ3) is 3.83. The molecule has 0 spiro atoms. The Morgan fingerprint density at radius 2 is 1.70 bits per heavy atom. The van der Waals surface area contributed by atoms with Gasteiger partial charge in [0.1, 0.15) is 5.82 Å². The van der Waals surface area contributed by atoms with Crippen molar-refractivity contribution in [1.29, 1.82) is 0 Å². The number of nitrogens with two attached hydrogens (primary N) is 1. The lowest BCUT2D eigenvalue weighted by atomic mass is 10.0.